The Morgan fingerprint density at radius 1 is 0.578 bits per heavy atom. The summed E-state index contributed by atoms with van der Waals surface area (Å²) in [5.41, 5.74) is 23.0. The third kappa shape index (κ3) is 4.99. The Morgan fingerprint density at radius 3 is 2.00 bits per heavy atom. The molecule has 10 aromatic rings. The first-order chi connectivity index (χ1) is 31.0. The second kappa shape index (κ2) is 13.1. The van der Waals surface area contributed by atoms with Crippen LogP contribution in [0.25, 0.3) is 48.0 Å². The van der Waals surface area contributed by atoms with E-state index in [9.17, 15) is 0 Å². The molecule has 0 saturated carbocycles. The van der Waals surface area contributed by atoms with E-state index >= 15 is 0 Å². The molecule has 308 valence electrons. The number of hydrogen-bond acceptors (Lipinski definition) is 3. The molecule has 0 amide bonds. The maximum absolute atomic E-state index is 2.69. The molecule has 4 heterocycles. The zero-order chi connectivity index (χ0) is 43.4. The van der Waals surface area contributed by atoms with Gasteiger partial charge >= 0.3 is 0 Å². The first kappa shape index (κ1) is 37.7. The largest absolute Gasteiger partial charge is 0.310 e. The van der Waals surface area contributed by atoms with Crippen LogP contribution < -0.4 is 26.2 Å². The quantitative estimate of drug-likeness (QED) is 0.164. The molecule has 2 aromatic heterocycles. The summed E-state index contributed by atoms with van der Waals surface area (Å²) in [7, 11) is 0. The molecule has 64 heavy (non-hydrogen) atoms. The Morgan fingerprint density at radius 2 is 1.23 bits per heavy atom. The van der Waals surface area contributed by atoms with E-state index in [0.29, 0.717) is 0 Å². The summed E-state index contributed by atoms with van der Waals surface area (Å²) in [6, 6.07) is 62.2. The molecule has 1 aliphatic carbocycles. The first-order valence-electron chi connectivity index (χ1n) is 22.7. The van der Waals surface area contributed by atoms with Gasteiger partial charge in [-0.25, -0.2) is 0 Å². The fraction of sp³-hybridized carbons (Fsp3) is 0.153. The van der Waals surface area contributed by atoms with Gasteiger partial charge in [-0.1, -0.05) is 150 Å². The van der Waals surface area contributed by atoms with Gasteiger partial charge in [-0.15, -0.1) is 11.3 Å². The van der Waals surface area contributed by atoms with Gasteiger partial charge in [0, 0.05) is 71.5 Å². The SMILES string of the molecule is Cc1ccccc1N(c1ccc2c(c1)N(c1cccc3c1sc1ccccc13)c1cc(C(C)(C)C)cc3c1B2c1cccc2c4c(n-3c12)-c1ccccc1C4(C)C)c1ccccc1C. The number of aromatic nitrogens is 1. The molecular formula is C59H48BN3S. The van der Waals surface area contributed by atoms with Crippen LogP contribution in [0, 0.1) is 13.8 Å². The lowest BCUT2D eigenvalue weighted by Gasteiger charge is -2.42. The minimum Gasteiger partial charge on any atom is -0.310 e. The third-order valence-electron chi connectivity index (χ3n) is 14.7. The van der Waals surface area contributed by atoms with Crippen LogP contribution >= 0.6 is 11.3 Å². The van der Waals surface area contributed by atoms with Crippen molar-refractivity contribution in [3.8, 4) is 16.9 Å². The maximum atomic E-state index is 2.69. The minimum atomic E-state index is -0.150. The van der Waals surface area contributed by atoms with Crippen molar-refractivity contribution in [1.29, 1.82) is 0 Å². The number of anilines is 6. The molecule has 0 spiro atoms. The summed E-state index contributed by atoms with van der Waals surface area (Å²) in [4.78, 5) is 5.13. The Labute approximate surface area is 379 Å². The zero-order valence-corrected chi connectivity index (χ0v) is 38.2. The number of hydrogen-bond donors (Lipinski definition) is 0. The predicted molar refractivity (Wildman–Crippen MR) is 276 cm³/mol. The molecule has 5 heteroatoms. The number of aryl methyl sites for hydroxylation is 2. The molecule has 3 nitrogen and oxygen atoms in total. The van der Waals surface area contributed by atoms with Crippen LogP contribution in [0.3, 0.4) is 0 Å². The van der Waals surface area contributed by atoms with E-state index in [1.54, 1.807) is 0 Å². The average Bonchev–Trinajstić information content (AvgIpc) is 3.93. The third-order valence-corrected chi connectivity index (χ3v) is 16.0. The number of benzene rings is 8. The Hall–Kier alpha value is -6.82. The highest BCUT2D eigenvalue weighted by Crippen LogP contribution is 2.55. The van der Waals surface area contributed by atoms with E-state index in [1.165, 1.54) is 121 Å². The summed E-state index contributed by atoms with van der Waals surface area (Å²) < 4.78 is 5.30. The van der Waals surface area contributed by atoms with Gasteiger partial charge < -0.3 is 14.4 Å². The highest BCUT2D eigenvalue weighted by molar-refractivity contribution is 7.26. The molecule has 0 unspecified atom stereocenters. The number of thiophene rings is 1. The standard InChI is InChI=1S/C59H48BN3S/c1-35-18-8-13-26-46(35)61(47-27-14-9-19-36(47)2)38-30-31-44-49(34-38)62(48-28-17-22-40-39-20-11-15-29-52(39)64-57(40)48)50-32-37(58(3,4)5)33-51-54(50)60(44)45-25-16-23-42-53-56(63(51)55(42)45)41-21-10-12-24-43(41)59(53,6)7/h8-34H,1-7H3. The van der Waals surface area contributed by atoms with E-state index < -0.39 is 0 Å². The molecular weight excluding hydrogens is 794 g/mol. The van der Waals surface area contributed by atoms with Crippen LogP contribution in [0.5, 0.6) is 0 Å². The first-order valence-corrected chi connectivity index (χ1v) is 23.5. The van der Waals surface area contributed by atoms with Gasteiger partial charge in [-0.3, -0.25) is 0 Å². The Kier molecular flexibility index (Phi) is 7.73. The van der Waals surface area contributed by atoms with Gasteiger partial charge in [0.25, 0.3) is 6.71 Å². The molecule has 0 radical (unpaired) electrons. The molecule has 0 bridgehead atoms. The van der Waals surface area contributed by atoms with E-state index in [-0.39, 0.29) is 17.5 Å². The Bertz CT molecular complexity index is 3590. The van der Waals surface area contributed by atoms with Crippen LogP contribution in [0.1, 0.15) is 62.4 Å². The summed E-state index contributed by atoms with van der Waals surface area (Å²) in [6.45, 7) is 16.5. The van der Waals surface area contributed by atoms with Gasteiger partial charge in [0.05, 0.1) is 16.1 Å². The van der Waals surface area contributed by atoms with Crippen molar-refractivity contribution < 1.29 is 0 Å². The summed E-state index contributed by atoms with van der Waals surface area (Å²) in [6.07, 6.45) is 0. The molecule has 0 atom stereocenters. The minimum absolute atomic E-state index is 0.0240. The number of rotatable bonds is 4. The van der Waals surface area contributed by atoms with E-state index in [2.05, 4.69) is 227 Å². The van der Waals surface area contributed by atoms with Crippen LogP contribution in [0.15, 0.2) is 164 Å². The lowest BCUT2D eigenvalue weighted by molar-refractivity contribution is 0.590. The zero-order valence-electron chi connectivity index (χ0n) is 37.4. The summed E-state index contributed by atoms with van der Waals surface area (Å²) in [5, 5.41) is 3.97. The molecule has 2 aliphatic heterocycles. The van der Waals surface area contributed by atoms with E-state index in [0.717, 1.165) is 5.69 Å². The second-order valence-electron chi connectivity index (χ2n) is 19.8. The van der Waals surface area contributed by atoms with Crippen molar-refractivity contribution in [1.82, 2.24) is 4.57 Å². The number of para-hydroxylation sites is 3. The van der Waals surface area contributed by atoms with E-state index in [4.69, 9.17) is 0 Å². The topological polar surface area (TPSA) is 11.4 Å². The molecule has 8 aromatic carbocycles. The monoisotopic (exact) mass is 841 g/mol. The van der Waals surface area contributed by atoms with Crippen molar-refractivity contribution >= 4 is 99.6 Å². The lowest BCUT2D eigenvalue weighted by Crippen LogP contribution is -2.60. The van der Waals surface area contributed by atoms with Gasteiger partial charge in [-0.2, -0.15) is 0 Å². The van der Waals surface area contributed by atoms with Crippen LogP contribution in [0.4, 0.5) is 34.1 Å². The molecule has 0 fully saturated rings. The molecule has 0 N–H and O–H groups in total. The number of nitrogens with zero attached hydrogens (tertiary/aromatic N) is 3. The fourth-order valence-corrected chi connectivity index (χ4v) is 12.9. The second-order valence-corrected chi connectivity index (χ2v) is 20.9. The average molecular weight is 842 g/mol. The van der Waals surface area contributed by atoms with Crippen molar-refractivity contribution in [2.45, 2.75) is 59.3 Å². The van der Waals surface area contributed by atoms with Crippen LogP contribution in [-0.4, -0.2) is 11.3 Å². The Balaban J connectivity index is 1.19. The van der Waals surface area contributed by atoms with Gasteiger partial charge in [0.15, 0.2) is 0 Å². The van der Waals surface area contributed by atoms with Crippen molar-refractivity contribution in [2.75, 3.05) is 9.80 Å². The van der Waals surface area contributed by atoms with Crippen molar-refractivity contribution in [3.63, 3.8) is 0 Å². The molecule has 3 aliphatic rings. The summed E-state index contributed by atoms with van der Waals surface area (Å²) >= 11 is 1.91. The van der Waals surface area contributed by atoms with Crippen LogP contribution in [0.2, 0.25) is 0 Å². The van der Waals surface area contributed by atoms with Gasteiger partial charge in [0.1, 0.15) is 0 Å². The van der Waals surface area contributed by atoms with Crippen molar-refractivity contribution in [2.24, 2.45) is 0 Å². The van der Waals surface area contributed by atoms with Crippen molar-refractivity contribution in [3.05, 3.63) is 192 Å². The van der Waals surface area contributed by atoms with E-state index in [1.807, 2.05) is 11.3 Å². The van der Waals surface area contributed by atoms with Gasteiger partial charge in [-0.05, 0) is 112 Å². The lowest BCUT2D eigenvalue weighted by atomic mass is 9.33. The highest BCUT2D eigenvalue weighted by Gasteiger charge is 2.47. The smallest absolute Gasteiger partial charge is 0.252 e. The van der Waals surface area contributed by atoms with Crippen LogP contribution in [-0.2, 0) is 10.8 Å². The summed E-state index contributed by atoms with van der Waals surface area (Å²) in [5.74, 6) is 0. The maximum Gasteiger partial charge on any atom is 0.252 e. The fourth-order valence-electron chi connectivity index (χ4n) is 11.7. The molecule has 13 rings (SSSR count). The highest BCUT2D eigenvalue weighted by atomic mass is 32.1. The number of fused-ring (bicyclic) bond motifs is 12. The van der Waals surface area contributed by atoms with Gasteiger partial charge in [0.2, 0.25) is 0 Å². The molecule has 0 saturated heterocycles. The predicted octanol–water partition coefficient (Wildman–Crippen LogP) is 14.3. The normalized spacial score (nSPS) is 14.2.